The molecule has 0 aliphatic carbocycles. The molecule has 2 heterocycles. The number of para-hydroxylation sites is 1. The van der Waals surface area contributed by atoms with E-state index in [9.17, 15) is 5.11 Å². The average molecular weight is 392 g/mol. The van der Waals surface area contributed by atoms with Gasteiger partial charge < -0.3 is 9.84 Å². The minimum atomic E-state index is -0.495. The SMILES string of the molecule is Cc1nn(-c2ccccc2)c(C)c1COCC(O)CN1CCc2ccccc2C1. The van der Waals surface area contributed by atoms with Crippen LogP contribution in [-0.2, 0) is 24.3 Å². The van der Waals surface area contributed by atoms with Crippen LogP contribution in [0, 0.1) is 13.8 Å². The van der Waals surface area contributed by atoms with Crippen LogP contribution >= 0.6 is 0 Å². The van der Waals surface area contributed by atoms with Crippen LogP contribution in [-0.4, -0.2) is 45.6 Å². The molecule has 0 bridgehead atoms. The van der Waals surface area contributed by atoms with Crippen molar-refractivity contribution in [2.75, 3.05) is 19.7 Å². The zero-order valence-corrected chi connectivity index (χ0v) is 17.2. The predicted molar refractivity (Wildman–Crippen MR) is 114 cm³/mol. The maximum atomic E-state index is 10.5. The molecule has 1 N–H and O–H groups in total. The molecular formula is C24H29N3O2. The van der Waals surface area contributed by atoms with Crippen molar-refractivity contribution in [3.05, 3.63) is 82.7 Å². The molecule has 2 aromatic carbocycles. The van der Waals surface area contributed by atoms with Crippen LogP contribution < -0.4 is 0 Å². The molecule has 0 saturated carbocycles. The Balaban J connectivity index is 1.30. The van der Waals surface area contributed by atoms with Crippen molar-refractivity contribution in [2.45, 2.75) is 39.5 Å². The predicted octanol–water partition coefficient (Wildman–Crippen LogP) is 3.42. The topological polar surface area (TPSA) is 50.5 Å². The Hall–Kier alpha value is -2.47. The molecule has 1 atom stereocenters. The molecule has 5 heteroatoms. The molecule has 1 unspecified atom stereocenters. The van der Waals surface area contributed by atoms with Gasteiger partial charge >= 0.3 is 0 Å². The molecule has 0 radical (unpaired) electrons. The summed E-state index contributed by atoms with van der Waals surface area (Å²) in [6.45, 7) is 7.37. The number of hydrogen-bond donors (Lipinski definition) is 1. The number of rotatable bonds is 7. The number of aryl methyl sites for hydroxylation is 1. The summed E-state index contributed by atoms with van der Waals surface area (Å²) < 4.78 is 7.83. The summed E-state index contributed by atoms with van der Waals surface area (Å²) in [6, 6.07) is 18.7. The van der Waals surface area contributed by atoms with E-state index in [1.807, 2.05) is 41.9 Å². The van der Waals surface area contributed by atoms with Crippen LogP contribution in [0.3, 0.4) is 0 Å². The van der Waals surface area contributed by atoms with Gasteiger partial charge in [0.05, 0.1) is 30.7 Å². The Morgan fingerprint density at radius 3 is 2.55 bits per heavy atom. The highest BCUT2D eigenvalue weighted by Crippen LogP contribution is 2.20. The van der Waals surface area contributed by atoms with E-state index in [4.69, 9.17) is 4.74 Å². The molecule has 152 valence electrons. The molecule has 5 nitrogen and oxygen atoms in total. The van der Waals surface area contributed by atoms with Gasteiger partial charge in [-0.1, -0.05) is 42.5 Å². The van der Waals surface area contributed by atoms with Crippen molar-refractivity contribution in [2.24, 2.45) is 0 Å². The summed E-state index contributed by atoms with van der Waals surface area (Å²) >= 11 is 0. The quantitative estimate of drug-likeness (QED) is 0.670. The zero-order valence-electron chi connectivity index (χ0n) is 17.2. The smallest absolute Gasteiger partial charge is 0.0900 e. The number of β-amino-alcohol motifs (C(OH)–C–C–N with tert-alkyl or cyclic N) is 1. The van der Waals surface area contributed by atoms with Gasteiger partial charge in [-0.15, -0.1) is 0 Å². The molecule has 0 saturated heterocycles. The van der Waals surface area contributed by atoms with E-state index in [1.54, 1.807) is 0 Å². The maximum Gasteiger partial charge on any atom is 0.0900 e. The first kappa shape index (κ1) is 19.8. The number of ether oxygens (including phenoxy) is 1. The van der Waals surface area contributed by atoms with Crippen molar-refractivity contribution in [1.82, 2.24) is 14.7 Å². The number of nitrogens with zero attached hydrogens (tertiary/aromatic N) is 3. The third kappa shape index (κ3) is 4.58. The van der Waals surface area contributed by atoms with Crippen LogP contribution in [0.5, 0.6) is 0 Å². The molecule has 0 amide bonds. The third-order valence-electron chi connectivity index (χ3n) is 5.68. The van der Waals surface area contributed by atoms with Crippen LogP contribution in [0.15, 0.2) is 54.6 Å². The zero-order chi connectivity index (χ0) is 20.2. The fourth-order valence-corrected chi connectivity index (χ4v) is 4.06. The molecule has 0 fully saturated rings. The summed E-state index contributed by atoms with van der Waals surface area (Å²) in [6.07, 6.45) is 0.547. The van der Waals surface area contributed by atoms with Gasteiger partial charge in [-0.2, -0.15) is 5.10 Å². The van der Waals surface area contributed by atoms with Crippen molar-refractivity contribution < 1.29 is 9.84 Å². The van der Waals surface area contributed by atoms with Crippen molar-refractivity contribution in [1.29, 1.82) is 0 Å². The van der Waals surface area contributed by atoms with Crippen molar-refractivity contribution >= 4 is 0 Å². The highest BCUT2D eigenvalue weighted by Gasteiger charge is 2.19. The van der Waals surface area contributed by atoms with Crippen LogP contribution in [0.2, 0.25) is 0 Å². The average Bonchev–Trinajstić information content (AvgIpc) is 3.02. The lowest BCUT2D eigenvalue weighted by Crippen LogP contribution is -2.38. The Morgan fingerprint density at radius 2 is 1.76 bits per heavy atom. The minimum absolute atomic E-state index is 0.327. The first-order valence-electron chi connectivity index (χ1n) is 10.3. The maximum absolute atomic E-state index is 10.5. The van der Waals surface area contributed by atoms with Crippen LogP contribution in [0.25, 0.3) is 5.69 Å². The Kier molecular flexibility index (Phi) is 6.09. The Bertz CT molecular complexity index is 952. The normalized spacial score (nSPS) is 15.3. The van der Waals surface area contributed by atoms with Gasteiger partial charge in [-0.05, 0) is 43.5 Å². The van der Waals surface area contributed by atoms with Crippen LogP contribution in [0.4, 0.5) is 0 Å². The summed E-state index contributed by atoms with van der Waals surface area (Å²) in [5.41, 5.74) is 6.98. The summed E-state index contributed by atoms with van der Waals surface area (Å²) in [4.78, 5) is 2.31. The van der Waals surface area contributed by atoms with Gasteiger partial charge in [0.25, 0.3) is 0 Å². The Labute approximate surface area is 172 Å². The molecule has 4 rings (SSSR count). The van der Waals surface area contributed by atoms with E-state index in [-0.39, 0.29) is 0 Å². The molecular weight excluding hydrogens is 362 g/mol. The minimum Gasteiger partial charge on any atom is -0.389 e. The van der Waals surface area contributed by atoms with Crippen LogP contribution in [0.1, 0.15) is 28.1 Å². The molecule has 1 aromatic heterocycles. The largest absolute Gasteiger partial charge is 0.389 e. The van der Waals surface area contributed by atoms with E-state index in [0.29, 0.717) is 19.8 Å². The van der Waals surface area contributed by atoms with Gasteiger partial charge in [0.2, 0.25) is 0 Å². The monoisotopic (exact) mass is 391 g/mol. The highest BCUT2D eigenvalue weighted by molar-refractivity contribution is 5.36. The van der Waals surface area contributed by atoms with Gasteiger partial charge in [0.1, 0.15) is 0 Å². The number of aliphatic hydroxyl groups excluding tert-OH is 1. The number of hydrogen-bond acceptors (Lipinski definition) is 4. The van der Waals surface area contributed by atoms with E-state index in [1.165, 1.54) is 11.1 Å². The number of fused-ring (bicyclic) bond motifs is 1. The number of benzene rings is 2. The fourth-order valence-electron chi connectivity index (χ4n) is 4.06. The van der Waals surface area contributed by atoms with Gasteiger partial charge in [-0.25, -0.2) is 4.68 Å². The summed E-state index contributed by atoms with van der Waals surface area (Å²) in [5, 5.41) is 15.1. The summed E-state index contributed by atoms with van der Waals surface area (Å²) in [5.74, 6) is 0. The lowest BCUT2D eigenvalue weighted by molar-refractivity contribution is 0.00747. The first-order chi connectivity index (χ1) is 14.1. The van der Waals surface area contributed by atoms with Gasteiger partial charge in [-0.3, -0.25) is 4.90 Å². The van der Waals surface area contributed by atoms with E-state index in [0.717, 1.165) is 42.1 Å². The molecule has 1 aliphatic rings. The molecule has 29 heavy (non-hydrogen) atoms. The van der Waals surface area contributed by atoms with Crippen molar-refractivity contribution in [3.8, 4) is 5.69 Å². The molecule has 1 aliphatic heterocycles. The fraction of sp³-hybridized carbons (Fsp3) is 0.375. The van der Waals surface area contributed by atoms with E-state index >= 15 is 0 Å². The van der Waals surface area contributed by atoms with Crippen molar-refractivity contribution in [3.63, 3.8) is 0 Å². The van der Waals surface area contributed by atoms with E-state index < -0.39 is 6.10 Å². The lowest BCUT2D eigenvalue weighted by atomic mass is 10.00. The second-order valence-electron chi connectivity index (χ2n) is 7.82. The van der Waals surface area contributed by atoms with Gasteiger partial charge in [0.15, 0.2) is 0 Å². The Morgan fingerprint density at radius 1 is 1.03 bits per heavy atom. The lowest BCUT2D eigenvalue weighted by Gasteiger charge is -2.30. The van der Waals surface area contributed by atoms with E-state index in [2.05, 4.69) is 41.2 Å². The standard InChI is InChI=1S/C24H29N3O2/c1-18-24(19(2)27(25-18)22-10-4-3-5-11-22)17-29-16-23(28)15-26-13-12-20-8-6-7-9-21(20)14-26/h3-11,23,28H,12-17H2,1-2H3. The third-order valence-corrected chi connectivity index (χ3v) is 5.68. The number of aromatic nitrogens is 2. The number of aliphatic hydroxyl groups is 1. The first-order valence-corrected chi connectivity index (χ1v) is 10.3. The van der Waals surface area contributed by atoms with Gasteiger partial charge in [0, 0.05) is 30.9 Å². The highest BCUT2D eigenvalue weighted by atomic mass is 16.5. The summed E-state index contributed by atoms with van der Waals surface area (Å²) in [7, 11) is 0. The molecule has 0 spiro atoms. The second kappa shape index (κ2) is 8.91. The molecule has 3 aromatic rings. The second-order valence-corrected chi connectivity index (χ2v) is 7.82.